The molecule has 6 heteroatoms. The molecule has 1 aliphatic rings. The van der Waals surface area contributed by atoms with Crippen LogP contribution in [0.1, 0.15) is 31.4 Å². The van der Waals surface area contributed by atoms with Gasteiger partial charge in [-0.25, -0.2) is 4.79 Å². The second kappa shape index (κ2) is 6.95. The van der Waals surface area contributed by atoms with Gasteiger partial charge in [0.2, 0.25) is 5.91 Å². The summed E-state index contributed by atoms with van der Waals surface area (Å²) in [7, 11) is 3.71. The molecule has 0 radical (unpaired) electrons. The smallest absolute Gasteiger partial charge is 0.409 e. The van der Waals surface area contributed by atoms with Crippen molar-refractivity contribution in [1.82, 2.24) is 0 Å². The van der Waals surface area contributed by atoms with Gasteiger partial charge in [-0.05, 0) is 29.7 Å². The van der Waals surface area contributed by atoms with Gasteiger partial charge in [0.15, 0.2) is 0 Å². The lowest BCUT2D eigenvalue weighted by atomic mass is 9.70. The molecule has 0 spiro atoms. The fraction of sp³-hybridized carbons (Fsp3) is 0.333. The molecule has 27 heavy (non-hydrogen) atoms. The van der Waals surface area contributed by atoms with Gasteiger partial charge in [0.1, 0.15) is 0 Å². The molecule has 0 aromatic heterocycles. The number of amides is 2. The van der Waals surface area contributed by atoms with Crippen molar-refractivity contribution in [2.45, 2.75) is 25.7 Å². The Hall–Kier alpha value is -3.02. The first kappa shape index (κ1) is 18.8. The maximum absolute atomic E-state index is 12.3. The molecule has 6 nitrogen and oxygen atoms in total. The maximum atomic E-state index is 12.3. The van der Waals surface area contributed by atoms with Crippen molar-refractivity contribution in [3.8, 4) is 0 Å². The molecule has 0 saturated carbocycles. The number of nitrogens with zero attached hydrogens (tertiary/aromatic N) is 2. The molecule has 2 aromatic rings. The highest BCUT2D eigenvalue weighted by molar-refractivity contribution is 5.97. The summed E-state index contributed by atoms with van der Waals surface area (Å²) in [5.74, 6) is -0.0185. The maximum Gasteiger partial charge on any atom is 0.409 e. The van der Waals surface area contributed by atoms with Gasteiger partial charge in [-0.1, -0.05) is 37.3 Å². The first-order valence-electron chi connectivity index (χ1n) is 8.93. The summed E-state index contributed by atoms with van der Waals surface area (Å²) < 4.78 is 0. The second-order valence-electron chi connectivity index (χ2n) is 7.33. The summed E-state index contributed by atoms with van der Waals surface area (Å²) in [4.78, 5) is 27.2. The topological polar surface area (TPSA) is 72.9 Å². The number of carbonyl (C=O) groups is 2. The predicted molar refractivity (Wildman–Crippen MR) is 108 cm³/mol. The first-order valence-corrected chi connectivity index (χ1v) is 8.93. The summed E-state index contributed by atoms with van der Waals surface area (Å²) in [5, 5.41) is 11.8. The molecule has 3 rings (SSSR count). The molecule has 1 aliphatic heterocycles. The summed E-state index contributed by atoms with van der Waals surface area (Å²) >= 11 is 0. The quantitative estimate of drug-likeness (QED) is 0.863. The summed E-state index contributed by atoms with van der Waals surface area (Å²) in [6.07, 6.45) is -0.351. The zero-order valence-corrected chi connectivity index (χ0v) is 16.1. The van der Waals surface area contributed by atoms with Crippen molar-refractivity contribution in [1.29, 1.82) is 0 Å². The van der Waals surface area contributed by atoms with E-state index in [0.717, 1.165) is 28.9 Å². The van der Waals surface area contributed by atoms with Gasteiger partial charge in [-0.2, -0.15) is 0 Å². The first-order chi connectivity index (χ1) is 12.7. The lowest BCUT2D eigenvalue weighted by Gasteiger charge is -2.42. The van der Waals surface area contributed by atoms with Gasteiger partial charge in [-0.15, -0.1) is 0 Å². The molecule has 0 saturated heterocycles. The lowest BCUT2D eigenvalue weighted by molar-refractivity contribution is -0.116. The number of carboxylic acid groups (broad SMARTS) is 1. The lowest BCUT2D eigenvalue weighted by Crippen LogP contribution is -2.42. The molecular formula is C21H25N3O3. The normalized spacial score (nSPS) is 18.6. The third-order valence-corrected chi connectivity index (χ3v) is 5.35. The van der Waals surface area contributed by atoms with Crippen LogP contribution in [0.3, 0.4) is 0 Å². The van der Waals surface area contributed by atoms with E-state index >= 15 is 0 Å². The minimum Gasteiger partial charge on any atom is -0.465 e. The van der Waals surface area contributed by atoms with Crippen LogP contribution in [0.5, 0.6) is 0 Å². The van der Waals surface area contributed by atoms with Crippen molar-refractivity contribution in [3.63, 3.8) is 0 Å². The molecule has 1 atom stereocenters. The van der Waals surface area contributed by atoms with Crippen molar-refractivity contribution >= 4 is 29.1 Å². The van der Waals surface area contributed by atoms with Crippen molar-refractivity contribution in [2.24, 2.45) is 0 Å². The zero-order valence-electron chi connectivity index (χ0n) is 16.1. The second-order valence-corrected chi connectivity index (χ2v) is 7.33. The van der Waals surface area contributed by atoms with E-state index in [2.05, 4.69) is 24.4 Å². The summed E-state index contributed by atoms with van der Waals surface area (Å²) in [6.45, 7) is 4.33. The standard InChI is InChI=1S/C21H25N3O3/c1-14(25)24-11-10-21(2,15-8-6-5-7-9-15)16-12-17(22-20(26)27)19(23(3)4)13-18(16)24/h5-9,12-13,22H,10-11H2,1-4H3,(H,26,27). The third kappa shape index (κ3) is 3.35. The number of hydrogen-bond donors (Lipinski definition) is 2. The van der Waals surface area contributed by atoms with Crippen LogP contribution in [0.4, 0.5) is 21.9 Å². The molecule has 0 fully saturated rings. The molecule has 1 unspecified atom stereocenters. The van der Waals surface area contributed by atoms with Gasteiger partial charge < -0.3 is 14.9 Å². The number of hydrogen-bond acceptors (Lipinski definition) is 3. The van der Waals surface area contributed by atoms with Crippen LogP contribution in [0.25, 0.3) is 0 Å². The van der Waals surface area contributed by atoms with Gasteiger partial charge in [0.25, 0.3) is 0 Å². The molecular weight excluding hydrogens is 342 g/mol. The van der Waals surface area contributed by atoms with Crippen LogP contribution >= 0.6 is 0 Å². The Bertz CT molecular complexity index is 880. The Labute approximate surface area is 159 Å². The van der Waals surface area contributed by atoms with E-state index in [0.29, 0.717) is 12.2 Å². The van der Waals surface area contributed by atoms with E-state index in [4.69, 9.17) is 0 Å². The van der Waals surface area contributed by atoms with E-state index in [-0.39, 0.29) is 11.3 Å². The molecule has 2 amide bonds. The van der Waals surface area contributed by atoms with Crippen LogP contribution in [0.2, 0.25) is 0 Å². The number of anilines is 3. The van der Waals surface area contributed by atoms with Gasteiger partial charge in [0.05, 0.1) is 11.4 Å². The van der Waals surface area contributed by atoms with E-state index in [1.165, 1.54) is 0 Å². The van der Waals surface area contributed by atoms with Gasteiger partial charge >= 0.3 is 6.09 Å². The van der Waals surface area contributed by atoms with E-state index in [1.54, 1.807) is 11.8 Å². The Morgan fingerprint density at radius 3 is 2.41 bits per heavy atom. The van der Waals surface area contributed by atoms with Crippen LogP contribution in [0.15, 0.2) is 42.5 Å². The SMILES string of the molecule is CC(=O)N1CCC(C)(c2ccccc2)c2cc(NC(=O)O)c(N(C)C)cc21. The van der Waals surface area contributed by atoms with Crippen molar-refractivity contribution < 1.29 is 14.7 Å². The predicted octanol–water partition coefficient (Wildman–Crippen LogP) is 3.91. The van der Waals surface area contributed by atoms with Crippen LogP contribution < -0.4 is 15.1 Å². The Balaban J connectivity index is 2.27. The van der Waals surface area contributed by atoms with E-state index in [9.17, 15) is 14.7 Å². The zero-order chi connectivity index (χ0) is 19.8. The highest BCUT2D eigenvalue weighted by Crippen LogP contribution is 2.47. The Kier molecular flexibility index (Phi) is 4.83. The number of benzene rings is 2. The fourth-order valence-corrected chi connectivity index (χ4v) is 3.85. The van der Waals surface area contributed by atoms with Gasteiger partial charge in [0, 0.05) is 38.7 Å². The minimum atomic E-state index is -1.11. The average Bonchev–Trinajstić information content (AvgIpc) is 2.61. The van der Waals surface area contributed by atoms with Crippen molar-refractivity contribution in [2.75, 3.05) is 35.8 Å². The Morgan fingerprint density at radius 1 is 1.19 bits per heavy atom. The molecule has 1 heterocycles. The van der Waals surface area contributed by atoms with E-state index in [1.807, 2.05) is 49.3 Å². The Morgan fingerprint density at radius 2 is 1.85 bits per heavy atom. The summed E-state index contributed by atoms with van der Waals surface area (Å²) in [5.41, 5.74) is 3.85. The average molecular weight is 367 g/mol. The fourth-order valence-electron chi connectivity index (χ4n) is 3.85. The van der Waals surface area contributed by atoms with E-state index < -0.39 is 6.09 Å². The van der Waals surface area contributed by atoms with Crippen LogP contribution in [-0.2, 0) is 10.2 Å². The third-order valence-electron chi connectivity index (χ3n) is 5.35. The molecule has 142 valence electrons. The number of fused-ring (bicyclic) bond motifs is 1. The highest BCUT2D eigenvalue weighted by Gasteiger charge is 2.38. The van der Waals surface area contributed by atoms with Crippen LogP contribution in [0, 0.1) is 0 Å². The minimum absolute atomic E-state index is 0.0185. The monoisotopic (exact) mass is 367 g/mol. The molecule has 2 aromatic carbocycles. The van der Waals surface area contributed by atoms with Crippen molar-refractivity contribution in [3.05, 3.63) is 53.6 Å². The van der Waals surface area contributed by atoms with Crippen LogP contribution in [-0.4, -0.2) is 37.7 Å². The summed E-state index contributed by atoms with van der Waals surface area (Å²) in [6, 6.07) is 13.9. The number of nitrogens with one attached hydrogen (secondary N) is 1. The molecule has 0 bridgehead atoms. The number of carbonyl (C=O) groups excluding carboxylic acids is 1. The molecule has 0 aliphatic carbocycles. The van der Waals surface area contributed by atoms with Gasteiger partial charge in [-0.3, -0.25) is 10.1 Å². The highest BCUT2D eigenvalue weighted by atomic mass is 16.4. The number of rotatable bonds is 3. The molecule has 2 N–H and O–H groups in total. The largest absolute Gasteiger partial charge is 0.465 e.